The number of hydrogen-bond donors (Lipinski definition) is 0. The highest BCUT2D eigenvalue weighted by molar-refractivity contribution is 5.32. The SMILES string of the molecule is N#CC1(c2[c]cccn2)CC1. The predicted molar refractivity (Wildman–Crippen MR) is 39.6 cm³/mol. The second kappa shape index (κ2) is 2.06. The minimum Gasteiger partial charge on any atom is -0.259 e. The third kappa shape index (κ3) is 0.894. The van der Waals surface area contributed by atoms with Crippen LogP contribution in [0.5, 0.6) is 0 Å². The lowest BCUT2D eigenvalue weighted by Gasteiger charge is -2.01. The Hall–Kier alpha value is -1.36. The molecule has 1 aromatic heterocycles. The Kier molecular flexibility index (Phi) is 1.19. The average Bonchev–Trinajstić information content (AvgIpc) is 2.86. The maximum absolute atomic E-state index is 8.80. The van der Waals surface area contributed by atoms with E-state index >= 15 is 0 Å². The van der Waals surface area contributed by atoms with E-state index in [9.17, 15) is 0 Å². The Labute approximate surface area is 65.5 Å². The summed E-state index contributed by atoms with van der Waals surface area (Å²) in [6, 6.07) is 8.89. The third-order valence-electron chi connectivity index (χ3n) is 2.02. The molecule has 0 N–H and O–H groups in total. The van der Waals surface area contributed by atoms with Gasteiger partial charge in [0.15, 0.2) is 0 Å². The van der Waals surface area contributed by atoms with Crippen molar-refractivity contribution in [3.05, 3.63) is 30.1 Å². The van der Waals surface area contributed by atoms with Gasteiger partial charge < -0.3 is 0 Å². The van der Waals surface area contributed by atoms with Gasteiger partial charge in [-0.25, -0.2) is 0 Å². The van der Waals surface area contributed by atoms with Gasteiger partial charge in [0.05, 0.1) is 11.8 Å². The van der Waals surface area contributed by atoms with Crippen LogP contribution in [-0.4, -0.2) is 4.98 Å². The van der Waals surface area contributed by atoms with Crippen molar-refractivity contribution in [1.29, 1.82) is 5.26 Å². The summed E-state index contributed by atoms with van der Waals surface area (Å²) in [6.07, 6.45) is 3.59. The van der Waals surface area contributed by atoms with Crippen molar-refractivity contribution in [1.82, 2.24) is 4.98 Å². The molecule has 0 bridgehead atoms. The molecule has 0 atom stereocenters. The summed E-state index contributed by atoms with van der Waals surface area (Å²) in [4.78, 5) is 4.11. The summed E-state index contributed by atoms with van der Waals surface area (Å²) in [5.41, 5.74) is 0.531. The molecule has 1 aromatic rings. The smallest absolute Gasteiger partial charge is 0.100 e. The molecular weight excluding hydrogens is 136 g/mol. The molecule has 1 heterocycles. The standard InChI is InChI=1S/C9H7N2/c10-7-9(4-5-9)8-3-1-2-6-11-8/h1-2,6H,4-5H2. The van der Waals surface area contributed by atoms with Crippen LogP contribution in [0.2, 0.25) is 0 Å². The van der Waals surface area contributed by atoms with Crippen molar-refractivity contribution in [3.8, 4) is 6.07 Å². The Balaban J connectivity index is 2.39. The normalized spacial score (nSPS) is 18.8. The zero-order chi connectivity index (χ0) is 7.73. The number of aromatic nitrogens is 1. The van der Waals surface area contributed by atoms with Gasteiger partial charge in [0, 0.05) is 12.3 Å². The maximum Gasteiger partial charge on any atom is 0.100 e. The van der Waals surface area contributed by atoms with E-state index in [0.29, 0.717) is 0 Å². The summed E-state index contributed by atoms with van der Waals surface area (Å²) < 4.78 is 0. The molecule has 1 fully saturated rings. The van der Waals surface area contributed by atoms with Crippen LogP contribution in [0.3, 0.4) is 0 Å². The van der Waals surface area contributed by atoms with Crippen LogP contribution >= 0.6 is 0 Å². The van der Waals surface area contributed by atoms with Crippen molar-refractivity contribution in [2.45, 2.75) is 18.3 Å². The second-order valence-corrected chi connectivity index (χ2v) is 2.82. The van der Waals surface area contributed by atoms with E-state index in [2.05, 4.69) is 17.1 Å². The molecule has 1 saturated carbocycles. The zero-order valence-electron chi connectivity index (χ0n) is 6.04. The molecular formula is C9H7N2. The van der Waals surface area contributed by atoms with Gasteiger partial charge in [0.1, 0.15) is 5.41 Å². The summed E-state index contributed by atoms with van der Waals surface area (Å²) in [5, 5.41) is 8.80. The molecule has 0 unspecified atom stereocenters. The van der Waals surface area contributed by atoms with Gasteiger partial charge in [-0.15, -0.1) is 0 Å². The monoisotopic (exact) mass is 143 g/mol. The van der Waals surface area contributed by atoms with Gasteiger partial charge in [-0.3, -0.25) is 4.98 Å². The van der Waals surface area contributed by atoms with Gasteiger partial charge in [-0.1, -0.05) is 6.07 Å². The molecule has 11 heavy (non-hydrogen) atoms. The molecule has 0 aromatic carbocycles. The first kappa shape index (κ1) is 6.36. The Morgan fingerprint density at radius 3 is 2.91 bits per heavy atom. The molecule has 1 radical (unpaired) electrons. The molecule has 2 heteroatoms. The number of rotatable bonds is 1. The minimum absolute atomic E-state index is 0.277. The first-order chi connectivity index (χ1) is 5.37. The van der Waals surface area contributed by atoms with E-state index in [0.717, 1.165) is 18.5 Å². The van der Waals surface area contributed by atoms with E-state index in [4.69, 9.17) is 5.26 Å². The quantitative estimate of drug-likeness (QED) is 0.596. The van der Waals surface area contributed by atoms with E-state index in [1.807, 2.05) is 6.07 Å². The van der Waals surface area contributed by atoms with Gasteiger partial charge in [-0.2, -0.15) is 5.26 Å². The van der Waals surface area contributed by atoms with E-state index in [-0.39, 0.29) is 5.41 Å². The van der Waals surface area contributed by atoms with Crippen LogP contribution in [-0.2, 0) is 5.41 Å². The lowest BCUT2D eigenvalue weighted by molar-refractivity contribution is 0.852. The number of nitriles is 1. The van der Waals surface area contributed by atoms with Gasteiger partial charge in [-0.05, 0) is 18.9 Å². The summed E-state index contributed by atoms with van der Waals surface area (Å²) in [6.45, 7) is 0. The molecule has 0 amide bonds. The van der Waals surface area contributed by atoms with Crippen LogP contribution in [0.1, 0.15) is 18.5 Å². The second-order valence-electron chi connectivity index (χ2n) is 2.82. The highest BCUT2D eigenvalue weighted by Gasteiger charge is 2.46. The fraction of sp³-hybridized carbons (Fsp3) is 0.333. The highest BCUT2D eigenvalue weighted by atomic mass is 14.7. The van der Waals surface area contributed by atoms with Crippen molar-refractivity contribution < 1.29 is 0 Å². The number of pyridine rings is 1. The maximum atomic E-state index is 8.80. The molecule has 53 valence electrons. The fourth-order valence-electron chi connectivity index (χ4n) is 1.11. The van der Waals surface area contributed by atoms with E-state index in [1.165, 1.54) is 0 Å². The van der Waals surface area contributed by atoms with Crippen LogP contribution in [0.25, 0.3) is 0 Å². The summed E-state index contributed by atoms with van der Waals surface area (Å²) in [5.74, 6) is 0. The first-order valence-electron chi connectivity index (χ1n) is 3.62. The van der Waals surface area contributed by atoms with Crippen LogP contribution in [0.15, 0.2) is 18.3 Å². The van der Waals surface area contributed by atoms with Gasteiger partial charge in [0.2, 0.25) is 0 Å². The highest BCUT2D eigenvalue weighted by Crippen LogP contribution is 2.46. The Morgan fingerprint density at radius 2 is 2.45 bits per heavy atom. The summed E-state index contributed by atoms with van der Waals surface area (Å²) in [7, 11) is 0. The van der Waals surface area contributed by atoms with E-state index in [1.54, 1.807) is 12.3 Å². The largest absolute Gasteiger partial charge is 0.259 e. The molecule has 0 saturated heterocycles. The molecule has 0 spiro atoms. The van der Waals surface area contributed by atoms with Crippen molar-refractivity contribution in [2.75, 3.05) is 0 Å². The number of nitrogens with zero attached hydrogens (tertiary/aromatic N) is 2. The zero-order valence-corrected chi connectivity index (χ0v) is 6.04. The minimum atomic E-state index is -0.277. The average molecular weight is 143 g/mol. The third-order valence-corrected chi connectivity index (χ3v) is 2.02. The van der Waals surface area contributed by atoms with Crippen molar-refractivity contribution in [3.63, 3.8) is 0 Å². The Bertz CT molecular complexity index is 293. The topological polar surface area (TPSA) is 36.7 Å². The van der Waals surface area contributed by atoms with Crippen molar-refractivity contribution in [2.24, 2.45) is 0 Å². The molecule has 0 aliphatic heterocycles. The lowest BCUT2D eigenvalue weighted by Crippen LogP contribution is -2.04. The molecule has 2 nitrogen and oxygen atoms in total. The van der Waals surface area contributed by atoms with E-state index < -0.39 is 0 Å². The van der Waals surface area contributed by atoms with Gasteiger partial charge >= 0.3 is 0 Å². The molecule has 1 aliphatic carbocycles. The van der Waals surface area contributed by atoms with Crippen molar-refractivity contribution >= 4 is 0 Å². The Morgan fingerprint density at radius 1 is 1.64 bits per heavy atom. The first-order valence-corrected chi connectivity index (χ1v) is 3.62. The summed E-state index contributed by atoms with van der Waals surface area (Å²) >= 11 is 0. The fourth-order valence-corrected chi connectivity index (χ4v) is 1.11. The van der Waals surface area contributed by atoms with Crippen LogP contribution in [0.4, 0.5) is 0 Å². The van der Waals surface area contributed by atoms with Gasteiger partial charge in [0.25, 0.3) is 0 Å². The lowest BCUT2D eigenvalue weighted by atomic mass is 10.0. The van der Waals surface area contributed by atoms with Crippen LogP contribution < -0.4 is 0 Å². The van der Waals surface area contributed by atoms with Crippen LogP contribution in [0, 0.1) is 17.4 Å². The number of hydrogen-bond acceptors (Lipinski definition) is 2. The molecule has 2 rings (SSSR count). The molecule has 1 aliphatic rings. The predicted octanol–water partition coefficient (Wildman–Crippen LogP) is 1.44.